The minimum absolute atomic E-state index is 0.0597. The highest BCUT2D eigenvalue weighted by atomic mass is 127. The first-order chi connectivity index (χ1) is 8.79. The molecule has 0 atom stereocenters. The Bertz CT molecular complexity index is 467. The second-order valence-electron chi connectivity index (χ2n) is 5.28. The van der Waals surface area contributed by atoms with E-state index in [1.54, 1.807) is 6.07 Å². The monoisotopic (exact) mass is 374 g/mol. The van der Waals surface area contributed by atoms with Gasteiger partial charge in [-0.15, -0.1) is 0 Å². The van der Waals surface area contributed by atoms with Crippen molar-refractivity contribution >= 4 is 34.4 Å². The number of rotatable bonds is 4. The Morgan fingerprint density at radius 1 is 1.21 bits per heavy atom. The maximum Gasteiger partial charge on any atom is 0.252 e. The molecule has 0 bridgehead atoms. The third-order valence-corrected chi connectivity index (χ3v) is 3.21. The largest absolute Gasteiger partial charge is 0.351 e. The molecule has 2 amide bonds. The first-order valence-electron chi connectivity index (χ1n) is 6.13. The second-order valence-corrected chi connectivity index (χ2v) is 6.45. The number of hydrogen-bond donors (Lipinski definition) is 2. The smallest absolute Gasteiger partial charge is 0.252 e. The summed E-state index contributed by atoms with van der Waals surface area (Å²) in [5.74, 6) is -0.205. The van der Waals surface area contributed by atoms with Crippen LogP contribution in [0.2, 0.25) is 0 Å². The van der Waals surface area contributed by atoms with Crippen molar-refractivity contribution in [1.29, 1.82) is 0 Å². The highest BCUT2D eigenvalue weighted by Crippen LogP contribution is 2.10. The summed E-state index contributed by atoms with van der Waals surface area (Å²) in [6.45, 7) is 6.12. The van der Waals surface area contributed by atoms with Crippen LogP contribution in [-0.2, 0) is 4.79 Å². The lowest BCUT2D eigenvalue weighted by atomic mass is 10.1. The lowest BCUT2D eigenvalue weighted by molar-refractivity contribution is -0.122. The number of hydrogen-bond acceptors (Lipinski definition) is 2. The van der Waals surface area contributed by atoms with E-state index in [9.17, 15) is 9.59 Å². The van der Waals surface area contributed by atoms with Crippen LogP contribution in [0, 0.1) is 3.57 Å². The summed E-state index contributed by atoms with van der Waals surface area (Å²) in [6, 6.07) is 7.35. The van der Waals surface area contributed by atoms with Crippen LogP contribution in [0.1, 0.15) is 37.6 Å². The molecule has 0 aromatic heterocycles. The first kappa shape index (κ1) is 15.9. The Balaban J connectivity index is 2.40. The minimum Gasteiger partial charge on any atom is -0.351 e. The molecule has 0 unspecified atom stereocenters. The summed E-state index contributed by atoms with van der Waals surface area (Å²) < 4.78 is 0.900. The summed E-state index contributed by atoms with van der Waals surface area (Å²) in [5.41, 5.74) is 0.398. The molecule has 0 aliphatic carbocycles. The molecule has 0 aliphatic rings. The number of halogens is 1. The Morgan fingerprint density at radius 2 is 1.84 bits per heavy atom. The Labute approximate surface area is 127 Å². The normalized spacial score (nSPS) is 10.9. The van der Waals surface area contributed by atoms with E-state index in [1.165, 1.54) is 0 Å². The summed E-state index contributed by atoms with van der Waals surface area (Å²) in [6.07, 6.45) is 0.284. The number of benzene rings is 1. The average molecular weight is 374 g/mol. The molecule has 0 aliphatic heterocycles. The summed E-state index contributed by atoms with van der Waals surface area (Å²) in [7, 11) is 0. The molecule has 5 heteroatoms. The van der Waals surface area contributed by atoms with Gasteiger partial charge in [-0.2, -0.15) is 0 Å². The van der Waals surface area contributed by atoms with E-state index in [0.717, 1.165) is 3.57 Å². The lowest BCUT2D eigenvalue weighted by Crippen LogP contribution is -2.42. The first-order valence-corrected chi connectivity index (χ1v) is 7.21. The molecule has 19 heavy (non-hydrogen) atoms. The van der Waals surface area contributed by atoms with E-state index >= 15 is 0 Å². The predicted molar refractivity (Wildman–Crippen MR) is 84.0 cm³/mol. The molecule has 2 N–H and O–H groups in total. The van der Waals surface area contributed by atoms with Crippen molar-refractivity contribution in [2.24, 2.45) is 0 Å². The zero-order valence-corrected chi connectivity index (χ0v) is 13.6. The van der Waals surface area contributed by atoms with Crippen LogP contribution in [0.5, 0.6) is 0 Å². The van der Waals surface area contributed by atoms with E-state index in [2.05, 4.69) is 33.2 Å². The molecule has 104 valence electrons. The molecule has 1 aromatic rings. The van der Waals surface area contributed by atoms with Crippen molar-refractivity contribution in [3.05, 3.63) is 33.4 Å². The average Bonchev–Trinajstić information content (AvgIpc) is 2.26. The SMILES string of the molecule is CC(C)(C)NC(=O)CCNC(=O)c1ccccc1I. The van der Waals surface area contributed by atoms with Gasteiger partial charge >= 0.3 is 0 Å². The maximum absolute atomic E-state index is 11.9. The Kier molecular flexibility index (Phi) is 5.78. The molecule has 0 saturated heterocycles. The van der Waals surface area contributed by atoms with Crippen LogP contribution >= 0.6 is 22.6 Å². The fourth-order valence-electron chi connectivity index (χ4n) is 1.51. The number of nitrogens with one attached hydrogen (secondary N) is 2. The molecule has 0 heterocycles. The lowest BCUT2D eigenvalue weighted by Gasteiger charge is -2.20. The topological polar surface area (TPSA) is 58.2 Å². The van der Waals surface area contributed by atoms with Crippen LogP contribution < -0.4 is 10.6 Å². The van der Waals surface area contributed by atoms with E-state index in [4.69, 9.17) is 0 Å². The molecule has 0 fully saturated rings. The van der Waals surface area contributed by atoms with E-state index in [-0.39, 0.29) is 23.8 Å². The quantitative estimate of drug-likeness (QED) is 0.795. The molecular weight excluding hydrogens is 355 g/mol. The third kappa shape index (κ3) is 6.04. The van der Waals surface area contributed by atoms with Gasteiger partial charge < -0.3 is 10.6 Å². The summed E-state index contributed by atoms with van der Waals surface area (Å²) in [5, 5.41) is 5.60. The van der Waals surface area contributed by atoms with Gasteiger partial charge in [0.15, 0.2) is 0 Å². The van der Waals surface area contributed by atoms with Crippen LogP contribution in [0.25, 0.3) is 0 Å². The van der Waals surface area contributed by atoms with Gasteiger partial charge in [0.25, 0.3) is 5.91 Å². The second kappa shape index (κ2) is 6.88. The van der Waals surface area contributed by atoms with Gasteiger partial charge in [0, 0.05) is 22.1 Å². The fourth-order valence-corrected chi connectivity index (χ4v) is 2.14. The number of amides is 2. The molecular formula is C14H19IN2O2. The molecule has 1 rings (SSSR count). The van der Waals surface area contributed by atoms with Crippen molar-refractivity contribution < 1.29 is 9.59 Å². The number of carbonyl (C=O) groups is 2. The van der Waals surface area contributed by atoms with Gasteiger partial charge in [-0.1, -0.05) is 12.1 Å². The predicted octanol–water partition coefficient (Wildman–Crippen LogP) is 2.33. The fraction of sp³-hybridized carbons (Fsp3) is 0.429. The standard InChI is InChI=1S/C14H19IN2O2/c1-14(2,3)17-12(18)8-9-16-13(19)10-6-4-5-7-11(10)15/h4-7H,8-9H2,1-3H3,(H,16,19)(H,17,18). The summed E-state index contributed by atoms with van der Waals surface area (Å²) >= 11 is 2.12. The van der Waals surface area contributed by atoms with E-state index in [1.807, 2.05) is 39.0 Å². The molecule has 1 aromatic carbocycles. The van der Waals surface area contributed by atoms with Gasteiger partial charge in [0.2, 0.25) is 5.91 Å². The van der Waals surface area contributed by atoms with Crippen LogP contribution in [0.4, 0.5) is 0 Å². The molecule has 4 nitrogen and oxygen atoms in total. The maximum atomic E-state index is 11.9. The molecule has 0 radical (unpaired) electrons. The molecule has 0 spiro atoms. The van der Waals surface area contributed by atoms with Crippen LogP contribution in [0.15, 0.2) is 24.3 Å². The van der Waals surface area contributed by atoms with Gasteiger partial charge in [0.1, 0.15) is 0 Å². The van der Waals surface area contributed by atoms with Gasteiger partial charge in [-0.05, 0) is 55.5 Å². The minimum atomic E-state index is -0.240. The Morgan fingerprint density at radius 3 is 2.42 bits per heavy atom. The zero-order chi connectivity index (χ0) is 14.5. The van der Waals surface area contributed by atoms with Crippen molar-refractivity contribution in [1.82, 2.24) is 10.6 Å². The third-order valence-electron chi connectivity index (χ3n) is 2.27. The van der Waals surface area contributed by atoms with E-state index < -0.39 is 0 Å². The van der Waals surface area contributed by atoms with Crippen LogP contribution in [-0.4, -0.2) is 23.9 Å². The Hall–Kier alpha value is -1.11. The van der Waals surface area contributed by atoms with Gasteiger partial charge in [-0.25, -0.2) is 0 Å². The number of carbonyl (C=O) groups excluding carboxylic acids is 2. The van der Waals surface area contributed by atoms with Crippen molar-refractivity contribution in [2.75, 3.05) is 6.54 Å². The van der Waals surface area contributed by atoms with Crippen LogP contribution in [0.3, 0.4) is 0 Å². The highest BCUT2D eigenvalue weighted by Gasteiger charge is 2.14. The summed E-state index contributed by atoms with van der Waals surface area (Å²) in [4.78, 5) is 23.5. The van der Waals surface area contributed by atoms with Gasteiger partial charge in [-0.3, -0.25) is 9.59 Å². The van der Waals surface area contributed by atoms with Crippen molar-refractivity contribution in [3.63, 3.8) is 0 Å². The zero-order valence-electron chi connectivity index (χ0n) is 11.4. The van der Waals surface area contributed by atoms with Crippen molar-refractivity contribution in [2.45, 2.75) is 32.7 Å². The molecule has 0 saturated carbocycles. The van der Waals surface area contributed by atoms with Gasteiger partial charge in [0.05, 0.1) is 5.56 Å². The van der Waals surface area contributed by atoms with E-state index in [0.29, 0.717) is 12.1 Å². The highest BCUT2D eigenvalue weighted by molar-refractivity contribution is 14.1. The van der Waals surface area contributed by atoms with Crippen molar-refractivity contribution in [3.8, 4) is 0 Å².